The van der Waals surface area contributed by atoms with E-state index >= 15 is 0 Å². The molecule has 0 fully saturated rings. The molecular formula is C22H26ClN2O4S2-. The van der Waals surface area contributed by atoms with Crippen molar-refractivity contribution in [2.24, 2.45) is 5.14 Å². The highest BCUT2D eigenvalue weighted by atomic mass is 35.5. The largest absolute Gasteiger partial charge is 1.00 e. The Labute approximate surface area is 193 Å². The predicted molar refractivity (Wildman–Crippen MR) is 119 cm³/mol. The summed E-state index contributed by atoms with van der Waals surface area (Å²) in [6, 6.07) is 16.6. The maximum atomic E-state index is 11.3. The number of nitrogens with one attached hydrogen (secondary N) is 1. The maximum Gasteiger partial charge on any atom is 0.238 e. The number of hydrogen-bond acceptors (Lipinski definition) is 6. The topological polar surface area (TPSA) is 90.6 Å². The fourth-order valence-electron chi connectivity index (χ4n) is 2.97. The minimum absolute atomic E-state index is 0. The molecule has 3 rings (SSSR count). The van der Waals surface area contributed by atoms with Crippen LogP contribution in [0.25, 0.3) is 0 Å². The van der Waals surface area contributed by atoms with Crippen molar-refractivity contribution >= 4 is 21.4 Å². The van der Waals surface area contributed by atoms with Crippen LogP contribution >= 0.6 is 11.3 Å². The zero-order chi connectivity index (χ0) is 21.4. The summed E-state index contributed by atoms with van der Waals surface area (Å²) in [5.74, 6) is 1.50. The van der Waals surface area contributed by atoms with Crippen molar-refractivity contribution in [3.05, 3.63) is 76.0 Å². The van der Waals surface area contributed by atoms with Gasteiger partial charge in [0.05, 0.1) is 11.5 Å². The Balaban J connectivity index is 0.00000341. The fraction of sp³-hybridized carbons (Fsp3) is 0.273. The van der Waals surface area contributed by atoms with Crippen LogP contribution in [0.4, 0.5) is 0 Å². The van der Waals surface area contributed by atoms with Crippen molar-refractivity contribution in [3.8, 4) is 11.5 Å². The van der Waals surface area contributed by atoms with Crippen molar-refractivity contribution in [2.75, 3.05) is 13.2 Å². The zero-order valence-electron chi connectivity index (χ0n) is 17.2. The van der Waals surface area contributed by atoms with E-state index in [4.69, 9.17) is 14.6 Å². The Morgan fingerprint density at radius 2 is 1.81 bits per heavy atom. The van der Waals surface area contributed by atoms with Gasteiger partial charge in [-0.2, -0.15) is 0 Å². The first-order chi connectivity index (χ1) is 14.5. The summed E-state index contributed by atoms with van der Waals surface area (Å²) in [4.78, 5) is 1.28. The molecule has 0 spiro atoms. The first-order valence-corrected chi connectivity index (χ1v) is 12.1. The van der Waals surface area contributed by atoms with Crippen LogP contribution in [0.1, 0.15) is 22.9 Å². The van der Waals surface area contributed by atoms with Gasteiger partial charge < -0.3 is 27.2 Å². The Hall–Kier alpha value is -2.10. The lowest BCUT2D eigenvalue weighted by atomic mass is 10.1. The molecule has 9 heteroatoms. The predicted octanol–water partition coefficient (Wildman–Crippen LogP) is 0.710. The van der Waals surface area contributed by atoms with Gasteiger partial charge >= 0.3 is 0 Å². The van der Waals surface area contributed by atoms with Crippen LogP contribution in [0.5, 0.6) is 11.5 Å². The second-order valence-electron chi connectivity index (χ2n) is 6.66. The first-order valence-electron chi connectivity index (χ1n) is 9.69. The van der Waals surface area contributed by atoms with E-state index in [9.17, 15) is 8.42 Å². The number of rotatable bonds is 11. The van der Waals surface area contributed by atoms with Crippen LogP contribution in [0.3, 0.4) is 0 Å². The SMILES string of the molecule is CCOc1cccc(CNCCc2ccc(S(N)(=O)=O)cc2)c1OCc1cccs1.[Cl-]. The van der Waals surface area contributed by atoms with Crippen LogP contribution in [-0.2, 0) is 29.6 Å². The molecule has 2 aromatic carbocycles. The average molecular weight is 482 g/mol. The molecule has 0 saturated carbocycles. The number of thiophene rings is 1. The van der Waals surface area contributed by atoms with Gasteiger partial charge in [-0.15, -0.1) is 11.3 Å². The molecule has 0 amide bonds. The Morgan fingerprint density at radius 3 is 2.45 bits per heavy atom. The molecule has 0 bridgehead atoms. The highest BCUT2D eigenvalue weighted by Gasteiger charge is 2.12. The van der Waals surface area contributed by atoms with Crippen molar-refractivity contribution in [1.29, 1.82) is 0 Å². The van der Waals surface area contributed by atoms with E-state index in [1.807, 2.05) is 42.6 Å². The summed E-state index contributed by atoms with van der Waals surface area (Å²) in [5.41, 5.74) is 2.06. The maximum absolute atomic E-state index is 11.3. The fourth-order valence-corrected chi connectivity index (χ4v) is 4.10. The summed E-state index contributed by atoms with van der Waals surface area (Å²) in [6.45, 7) is 4.40. The molecule has 0 radical (unpaired) electrons. The second-order valence-corrected chi connectivity index (χ2v) is 9.25. The molecule has 6 nitrogen and oxygen atoms in total. The summed E-state index contributed by atoms with van der Waals surface area (Å²) < 4.78 is 34.5. The van der Waals surface area contributed by atoms with Gasteiger partial charge in [-0.25, -0.2) is 13.6 Å². The molecule has 0 saturated heterocycles. The minimum Gasteiger partial charge on any atom is -1.00 e. The first kappa shape index (κ1) is 25.2. The molecule has 1 heterocycles. The number of ether oxygens (including phenoxy) is 2. The normalized spacial score (nSPS) is 11.0. The lowest BCUT2D eigenvalue weighted by Crippen LogP contribution is -3.00. The van der Waals surface area contributed by atoms with E-state index in [-0.39, 0.29) is 17.3 Å². The molecule has 31 heavy (non-hydrogen) atoms. The van der Waals surface area contributed by atoms with E-state index in [1.54, 1.807) is 23.5 Å². The average Bonchev–Trinajstić information content (AvgIpc) is 3.24. The summed E-state index contributed by atoms with van der Waals surface area (Å²) in [7, 11) is -3.66. The molecule has 0 aliphatic heterocycles. The Morgan fingerprint density at radius 1 is 1.03 bits per heavy atom. The van der Waals surface area contributed by atoms with Gasteiger partial charge in [0.25, 0.3) is 0 Å². The Bertz CT molecular complexity index is 1040. The molecule has 1 aromatic heterocycles. The third-order valence-corrected chi connectivity index (χ3v) is 6.24. The zero-order valence-corrected chi connectivity index (χ0v) is 19.6. The van der Waals surface area contributed by atoms with Crippen molar-refractivity contribution in [2.45, 2.75) is 31.4 Å². The quantitative estimate of drug-likeness (QED) is 0.394. The summed E-state index contributed by atoms with van der Waals surface area (Å²) in [5, 5.41) is 10.6. The number of para-hydroxylation sites is 1. The second kappa shape index (κ2) is 12.1. The van der Waals surface area contributed by atoms with Crippen LogP contribution in [0.2, 0.25) is 0 Å². The molecule has 3 N–H and O–H groups in total. The number of benzene rings is 2. The lowest BCUT2D eigenvalue weighted by molar-refractivity contribution is -0.00000943. The van der Waals surface area contributed by atoms with Crippen LogP contribution < -0.4 is 32.3 Å². The molecule has 3 aromatic rings. The molecule has 0 unspecified atom stereocenters. The molecular weight excluding hydrogens is 456 g/mol. The van der Waals surface area contributed by atoms with Gasteiger partial charge in [-0.05, 0) is 55.1 Å². The highest BCUT2D eigenvalue weighted by molar-refractivity contribution is 7.89. The summed E-state index contributed by atoms with van der Waals surface area (Å²) >= 11 is 1.66. The van der Waals surface area contributed by atoms with Gasteiger partial charge in [0, 0.05) is 17.0 Å². The van der Waals surface area contributed by atoms with Crippen molar-refractivity contribution in [1.82, 2.24) is 5.32 Å². The minimum atomic E-state index is -3.66. The number of nitrogens with two attached hydrogens (primary N) is 1. The van der Waals surface area contributed by atoms with E-state index < -0.39 is 10.0 Å². The molecule has 168 valence electrons. The highest BCUT2D eigenvalue weighted by Crippen LogP contribution is 2.32. The van der Waals surface area contributed by atoms with Gasteiger partial charge in [-0.1, -0.05) is 30.3 Å². The van der Waals surface area contributed by atoms with E-state index in [2.05, 4.69) is 5.32 Å². The standard InChI is InChI=1S/C22H26N2O4S2.ClH/c1-2-27-21-7-3-5-18(22(21)28-16-19-6-4-14-29-19)15-24-13-12-17-8-10-20(11-9-17)30(23,25)26;/h3-11,14,24H,2,12-13,15-16H2,1H3,(H2,23,25,26);1H/p-1. The van der Waals surface area contributed by atoms with Crippen LogP contribution in [0, 0.1) is 0 Å². The van der Waals surface area contributed by atoms with Gasteiger partial charge in [-0.3, -0.25) is 0 Å². The van der Waals surface area contributed by atoms with Crippen molar-refractivity contribution in [3.63, 3.8) is 0 Å². The van der Waals surface area contributed by atoms with Crippen LogP contribution in [-0.4, -0.2) is 21.6 Å². The number of hydrogen-bond donors (Lipinski definition) is 2. The van der Waals surface area contributed by atoms with Crippen molar-refractivity contribution < 1.29 is 30.3 Å². The monoisotopic (exact) mass is 481 g/mol. The molecule has 0 aliphatic carbocycles. The van der Waals surface area contributed by atoms with E-state index in [1.165, 1.54) is 12.1 Å². The number of sulfonamides is 1. The van der Waals surface area contributed by atoms with E-state index in [0.29, 0.717) is 19.8 Å². The lowest BCUT2D eigenvalue weighted by Gasteiger charge is -2.16. The summed E-state index contributed by atoms with van der Waals surface area (Å²) in [6.07, 6.45) is 0.765. The smallest absolute Gasteiger partial charge is 0.238 e. The van der Waals surface area contributed by atoms with Gasteiger partial charge in [0.2, 0.25) is 10.0 Å². The third kappa shape index (κ3) is 7.52. The van der Waals surface area contributed by atoms with Crippen LogP contribution in [0.15, 0.2) is 64.9 Å². The van der Waals surface area contributed by atoms with E-state index in [0.717, 1.165) is 40.5 Å². The van der Waals surface area contributed by atoms with Gasteiger partial charge in [0.1, 0.15) is 6.61 Å². The Kier molecular flexibility index (Phi) is 9.80. The van der Waals surface area contributed by atoms with Gasteiger partial charge in [0.15, 0.2) is 11.5 Å². The third-order valence-electron chi connectivity index (χ3n) is 4.46. The molecule has 0 atom stereocenters. The molecule has 0 aliphatic rings. The number of primary sulfonamides is 1. The number of halogens is 1.